The fraction of sp³-hybridized carbons (Fsp3) is 0.683. The molecular formula is C41H75F2N5O3S2. The molecule has 1 saturated carbocycles. The second-order valence-corrected chi connectivity index (χ2v) is 13.9. The number of aryl methyl sites for hydroxylation is 1. The van der Waals surface area contributed by atoms with Gasteiger partial charge in [-0.05, 0) is 115 Å². The normalized spacial score (nSPS) is 18.7. The third kappa shape index (κ3) is 28.8. The van der Waals surface area contributed by atoms with Crippen LogP contribution in [0.1, 0.15) is 124 Å². The Hall–Kier alpha value is -2.25. The highest BCUT2D eigenvalue weighted by molar-refractivity contribution is 8.01. The minimum absolute atomic E-state index is 0.136. The fourth-order valence-corrected chi connectivity index (χ4v) is 6.48. The number of alkyl halides is 1. The van der Waals surface area contributed by atoms with E-state index in [0.29, 0.717) is 24.1 Å². The molecule has 4 unspecified atom stereocenters. The molecule has 12 heteroatoms. The predicted molar refractivity (Wildman–Crippen MR) is 229 cm³/mol. The molecule has 1 saturated heterocycles. The summed E-state index contributed by atoms with van der Waals surface area (Å²) in [5, 5.41) is 2.55. The highest BCUT2D eigenvalue weighted by Crippen LogP contribution is 2.38. The molecule has 1 heterocycles. The van der Waals surface area contributed by atoms with E-state index in [1.807, 2.05) is 65.8 Å². The van der Waals surface area contributed by atoms with Gasteiger partial charge < -0.3 is 20.7 Å². The maximum Gasteiger partial charge on any atom is 0.217 e. The summed E-state index contributed by atoms with van der Waals surface area (Å²) in [7, 11) is 4.02. The summed E-state index contributed by atoms with van der Waals surface area (Å²) < 4.78 is 29.4. The lowest BCUT2D eigenvalue weighted by Crippen LogP contribution is -2.30. The molecule has 1 aromatic carbocycles. The van der Waals surface area contributed by atoms with Crippen LogP contribution in [0, 0.1) is 24.7 Å². The standard InChI is InChI=1S/C12H23N.C9H18FNO.C8H9NO.C7H8FNOS.2C2H6.CH5NS/c1-10-12(8-9-13(10)2)11-6-4-3-5-7-11;1-2-8(7-12)4-3-5-9(11)6-10;1-7-2-4-8(5-3-7)9-6-10;8-6-3-1-2-4-7(6)11-9-5-10;2*1-2;1-2-3/h10-12H,3-9H2,1-2H3;7-9H,2-6,11H2,1H3;2-6H,1H3,(H,9,10);3-5H,1-2H2,(H,9,10);2*1-2H3;2-3H,1H3. The first-order valence-electron chi connectivity index (χ1n) is 19.6. The van der Waals surface area contributed by atoms with E-state index in [1.54, 1.807) is 13.1 Å². The van der Waals surface area contributed by atoms with Crippen molar-refractivity contribution in [2.24, 2.45) is 23.5 Å². The van der Waals surface area contributed by atoms with Crippen molar-refractivity contribution in [1.82, 2.24) is 14.3 Å². The molecule has 3 aliphatic rings. The molecule has 53 heavy (non-hydrogen) atoms. The maximum absolute atomic E-state index is 12.8. The molecule has 2 fully saturated rings. The lowest BCUT2D eigenvalue weighted by Gasteiger charge is -2.31. The Labute approximate surface area is 332 Å². The molecule has 2 amide bonds. The number of benzene rings is 1. The number of allylic oxidation sites excluding steroid dienone is 3. The zero-order valence-corrected chi connectivity index (χ0v) is 36.1. The monoisotopic (exact) mass is 788 g/mol. The number of anilines is 1. The zero-order valence-electron chi connectivity index (χ0n) is 34.3. The number of hydrogen-bond donors (Lipinski definition) is 5. The minimum atomic E-state index is -0.460. The topological polar surface area (TPSA) is 117 Å². The Kier molecular flexibility index (Phi) is 41.0. The maximum atomic E-state index is 12.8. The van der Waals surface area contributed by atoms with Gasteiger partial charge in [-0.1, -0.05) is 110 Å². The van der Waals surface area contributed by atoms with Crippen molar-refractivity contribution in [3.8, 4) is 0 Å². The van der Waals surface area contributed by atoms with E-state index in [9.17, 15) is 23.2 Å². The van der Waals surface area contributed by atoms with E-state index in [4.69, 9.17) is 5.73 Å². The van der Waals surface area contributed by atoms with Crippen LogP contribution in [0.2, 0.25) is 0 Å². The van der Waals surface area contributed by atoms with Crippen molar-refractivity contribution in [2.45, 2.75) is 138 Å². The molecule has 1 aliphatic heterocycles. The average Bonchev–Trinajstić information content (AvgIpc) is 3.54. The van der Waals surface area contributed by atoms with Gasteiger partial charge in [0.15, 0.2) is 0 Å². The van der Waals surface area contributed by atoms with Crippen LogP contribution in [0.15, 0.2) is 47.1 Å². The number of carbonyl (C=O) groups excluding carboxylic acids is 3. The van der Waals surface area contributed by atoms with Crippen LogP contribution in [0.4, 0.5) is 14.5 Å². The van der Waals surface area contributed by atoms with Gasteiger partial charge in [0.05, 0.1) is 4.91 Å². The molecule has 0 radical (unpaired) electrons. The quantitative estimate of drug-likeness (QED) is 0.0768. The molecule has 8 nitrogen and oxygen atoms in total. The van der Waals surface area contributed by atoms with Crippen LogP contribution in [0.25, 0.3) is 0 Å². The predicted octanol–water partition coefficient (Wildman–Crippen LogP) is 10.2. The number of thiol groups is 1. The zero-order chi connectivity index (χ0) is 40.9. The number of halogens is 2. The van der Waals surface area contributed by atoms with E-state index in [1.165, 1.54) is 56.7 Å². The number of likely N-dealkylation sites (tertiary alicyclic amines) is 1. The van der Waals surface area contributed by atoms with Gasteiger partial charge in [-0.25, -0.2) is 8.78 Å². The summed E-state index contributed by atoms with van der Waals surface area (Å²) in [6, 6.07) is 8.14. The number of nitrogens with zero attached hydrogens (tertiary/aromatic N) is 1. The summed E-state index contributed by atoms with van der Waals surface area (Å²) in [5.41, 5.74) is 7.40. The first kappa shape index (κ1) is 55.1. The van der Waals surface area contributed by atoms with E-state index in [0.717, 1.165) is 73.9 Å². The number of hydrogen-bond acceptors (Lipinski definition) is 8. The fourth-order valence-electron chi connectivity index (χ4n) is 5.92. The average molecular weight is 788 g/mol. The van der Waals surface area contributed by atoms with Crippen molar-refractivity contribution in [3.63, 3.8) is 0 Å². The lowest BCUT2D eigenvalue weighted by atomic mass is 9.77. The summed E-state index contributed by atoms with van der Waals surface area (Å²) in [6.07, 6.45) is 19.3. The number of aldehydes is 1. The van der Waals surface area contributed by atoms with Crippen LogP contribution in [0.5, 0.6) is 0 Å². The van der Waals surface area contributed by atoms with Gasteiger partial charge in [-0.3, -0.25) is 19.0 Å². The van der Waals surface area contributed by atoms with Crippen LogP contribution in [-0.2, 0) is 14.4 Å². The molecule has 1 aromatic rings. The second kappa shape index (κ2) is 39.4. The molecule has 308 valence electrons. The second-order valence-electron chi connectivity index (χ2n) is 12.6. The van der Waals surface area contributed by atoms with Crippen molar-refractivity contribution >= 4 is 49.6 Å². The van der Waals surface area contributed by atoms with Crippen molar-refractivity contribution in [3.05, 3.63) is 52.7 Å². The summed E-state index contributed by atoms with van der Waals surface area (Å²) >= 11 is 4.54. The molecule has 4 atom stereocenters. The Morgan fingerprint density at radius 2 is 1.57 bits per heavy atom. The molecular weight excluding hydrogens is 713 g/mol. The highest BCUT2D eigenvalue weighted by Gasteiger charge is 2.34. The van der Waals surface area contributed by atoms with E-state index >= 15 is 0 Å². The highest BCUT2D eigenvalue weighted by atomic mass is 32.2. The van der Waals surface area contributed by atoms with E-state index < -0.39 is 6.67 Å². The van der Waals surface area contributed by atoms with Gasteiger partial charge in [-0.15, -0.1) is 0 Å². The van der Waals surface area contributed by atoms with Crippen LogP contribution in [0.3, 0.4) is 0 Å². The number of carbonyl (C=O) groups is 3. The van der Waals surface area contributed by atoms with E-state index in [-0.39, 0.29) is 17.8 Å². The molecule has 2 aliphatic carbocycles. The summed E-state index contributed by atoms with van der Waals surface area (Å²) in [6.45, 7) is 15.3. The van der Waals surface area contributed by atoms with Gasteiger partial charge in [0.1, 0.15) is 18.8 Å². The first-order chi connectivity index (χ1) is 25.6. The molecule has 4 rings (SSSR count). The third-order valence-electron chi connectivity index (χ3n) is 9.00. The Morgan fingerprint density at radius 3 is 2.02 bits per heavy atom. The van der Waals surface area contributed by atoms with Crippen LogP contribution >= 0.6 is 24.8 Å². The summed E-state index contributed by atoms with van der Waals surface area (Å²) in [5.74, 6) is 1.98. The van der Waals surface area contributed by atoms with Gasteiger partial charge in [0, 0.05) is 23.7 Å². The Bertz CT molecular complexity index is 1060. The van der Waals surface area contributed by atoms with E-state index in [2.05, 4.69) is 46.4 Å². The van der Waals surface area contributed by atoms with Gasteiger partial charge in [0.25, 0.3) is 0 Å². The minimum Gasteiger partial charge on any atom is -0.329 e. The molecule has 0 spiro atoms. The Balaban J connectivity index is -0.000000596. The SMILES string of the molecule is CC.CC.CC1C(C2CCCCC2)CCN1C.CCC(C=O)CCCC(N)CF.CNS.Cc1ccc(NC=O)cc1.O=CNSC1=CCCC=C1F. The van der Waals surface area contributed by atoms with Crippen molar-refractivity contribution in [2.75, 3.05) is 32.6 Å². The largest absolute Gasteiger partial charge is 0.329 e. The van der Waals surface area contributed by atoms with Crippen molar-refractivity contribution in [1.29, 1.82) is 0 Å². The number of nitrogens with one attached hydrogen (secondary N) is 3. The van der Waals surface area contributed by atoms with Gasteiger partial charge in [0.2, 0.25) is 12.8 Å². The number of amides is 2. The summed E-state index contributed by atoms with van der Waals surface area (Å²) in [4.78, 5) is 33.2. The number of rotatable bonds is 13. The smallest absolute Gasteiger partial charge is 0.217 e. The Morgan fingerprint density at radius 1 is 0.981 bits per heavy atom. The number of nitrogens with two attached hydrogens (primary N) is 1. The van der Waals surface area contributed by atoms with Crippen LogP contribution < -0.4 is 20.5 Å². The van der Waals surface area contributed by atoms with Gasteiger partial charge in [-0.2, -0.15) is 0 Å². The van der Waals surface area contributed by atoms with Crippen LogP contribution in [-0.4, -0.2) is 63.4 Å². The molecule has 0 aromatic heterocycles. The molecule has 5 N–H and O–H groups in total. The van der Waals surface area contributed by atoms with Crippen molar-refractivity contribution < 1.29 is 23.2 Å². The van der Waals surface area contributed by atoms with Gasteiger partial charge >= 0.3 is 0 Å². The third-order valence-corrected chi connectivity index (χ3v) is 9.80. The first-order valence-corrected chi connectivity index (χ1v) is 20.8. The lowest BCUT2D eigenvalue weighted by molar-refractivity contribution is -0.111. The molecule has 0 bridgehead atoms.